The normalized spacial score (nSPS) is 26.6. The molecule has 2 rings (SSSR count). The van der Waals surface area contributed by atoms with E-state index in [1.165, 1.54) is 6.42 Å². The standard InChI is InChI=1S/C12H16O2/c1-8(7-13)5-10-3-4-12(14-10)11-6-9(11)2/h3-5,9,11,13H,6-7H2,1-2H3. The summed E-state index contributed by atoms with van der Waals surface area (Å²) in [6.07, 6.45) is 3.13. The van der Waals surface area contributed by atoms with E-state index in [1.54, 1.807) is 0 Å². The van der Waals surface area contributed by atoms with Crippen LogP contribution < -0.4 is 0 Å². The van der Waals surface area contributed by atoms with E-state index in [2.05, 4.69) is 6.92 Å². The zero-order valence-electron chi connectivity index (χ0n) is 8.66. The summed E-state index contributed by atoms with van der Waals surface area (Å²) < 4.78 is 5.66. The Kier molecular flexibility index (Phi) is 2.46. The lowest BCUT2D eigenvalue weighted by molar-refractivity contribution is 0.332. The molecular weight excluding hydrogens is 176 g/mol. The van der Waals surface area contributed by atoms with E-state index in [0.29, 0.717) is 5.92 Å². The van der Waals surface area contributed by atoms with E-state index in [9.17, 15) is 0 Å². The first-order valence-electron chi connectivity index (χ1n) is 5.08. The average molecular weight is 192 g/mol. The van der Waals surface area contributed by atoms with Crippen molar-refractivity contribution in [3.63, 3.8) is 0 Å². The zero-order chi connectivity index (χ0) is 10.1. The van der Waals surface area contributed by atoms with E-state index >= 15 is 0 Å². The molecule has 0 radical (unpaired) electrons. The molecule has 0 saturated heterocycles. The summed E-state index contributed by atoms with van der Waals surface area (Å²) in [6.45, 7) is 4.22. The van der Waals surface area contributed by atoms with Gasteiger partial charge in [-0.05, 0) is 43.0 Å². The fourth-order valence-electron chi connectivity index (χ4n) is 1.65. The highest BCUT2D eigenvalue weighted by molar-refractivity contribution is 5.47. The van der Waals surface area contributed by atoms with Crippen molar-refractivity contribution in [2.45, 2.75) is 26.2 Å². The zero-order valence-corrected chi connectivity index (χ0v) is 8.66. The Morgan fingerprint density at radius 1 is 1.64 bits per heavy atom. The minimum Gasteiger partial charge on any atom is -0.461 e. The molecule has 76 valence electrons. The largest absolute Gasteiger partial charge is 0.461 e. The Balaban J connectivity index is 2.10. The first-order valence-corrected chi connectivity index (χ1v) is 5.08. The van der Waals surface area contributed by atoms with E-state index < -0.39 is 0 Å². The van der Waals surface area contributed by atoms with Crippen LogP contribution in [-0.2, 0) is 0 Å². The maximum atomic E-state index is 8.86. The van der Waals surface area contributed by atoms with Gasteiger partial charge < -0.3 is 9.52 Å². The summed E-state index contributed by atoms with van der Waals surface area (Å²) in [5.41, 5.74) is 0.926. The third-order valence-electron chi connectivity index (χ3n) is 2.76. The van der Waals surface area contributed by atoms with Crippen molar-refractivity contribution in [2.75, 3.05) is 6.61 Å². The Hall–Kier alpha value is -1.02. The number of hydrogen-bond acceptors (Lipinski definition) is 2. The predicted octanol–water partition coefficient (Wildman–Crippen LogP) is 2.80. The minimum atomic E-state index is 0.0931. The van der Waals surface area contributed by atoms with Crippen LogP contribution in [0.25, 0.3) is 6.08 Å². The number of aliphatic hydroxyl groups is 1. The summed E-state index contributed by atoms with van der Waals surface area (Å²) >= 11 is 0. The van der Waals surface area contributed by atoms with E-state index in [1.807, 2.05) is 25.1 Å². The lowest BCUT2D eigenvalue weighted by Gasteiger charge is -1.93. The Morgan fingerprint density at radius 2 is 2.36 bits per heavy atom. The van der Waals surface area contributed by atoms with E-state index in [-0.39, 0.29) is 6.61 Å². The van der Waals surface area contributed by atoms with Crippen molar-refractivity contribution < 1.29 is 9.52 Å². The van der Waals surface area contributed by atoms with Gasteiger partial charge in [-0.1, -0.05) is 6.92 Å². The van der Waals surface area contributed by atoms with Gasteiger partial charge in [-0.2, -0.15) is 0 Å². The molecule has 0 amide bonds. The molecule has 1 aliphatic carbocycles. The van der Waals surface area contributed by atoms with Crippen molar-refractivity contribution in [3.8, 4) is 0 Å². The summed E-state index contributed by atoms with van der Waals surface area (Å²) in [7, 11) is 0. The van der Waals surface area contributed by atoms with Gasteiger partial charge in [-0.25, -0.2) is 0 Å². The van der Waals surface area contributed by atoms with Gasteiger partial charge in [-0.3, -0.25) is 0 Å². The first-order chi connectivity index (χ1) is 6.70. The van der Waals surface area contributed by atoms with E-state index in [4.69, 9.17) is 9.52 Å². The monoisotopic (exact) mass is 192 g/mol. The Bertz CT molecular complexity index is 349. The Labute approximate surface area is 84.2 Å². The second-order valence-electron chi connectivity index (χ2n) is 4.21. The molecule has 2 heteroatoms. The quantitative estimate of drug-likeness (QED) is 0.798. The molecule has 1 fully saturated rings. The molecule has 2 nitrogen and oxygen atoms in total. The summed E-state index contributed by atoms with van der Waals surface area (Å²) in [5, 5.41) is 8.86. The van der Waals surface area contributed by atoms with Crippen LogP contribution in [0, 0.1) is 5.92 Å². The molecule has 0 bridgehead atoms. The van der Waals surface area contributed by atoms with Crippen molar-refractivity contribution in [1.29, 1.82) is 0 Å². The summed E-state index contributed by atoms with van der Waals surface area (Å²) in [4.78, 5) is 0. The summed E-state index contributed by atoms with van der Waals surface area (Å²) in [5.74, 6) is 3.35. The number of rotatable bonds is 3. The fourth-order valence-corrected chi connectivity index (χ4v) is 1.65. The smallest absolute Gasteiger partial charge is 0.127 e. The van der Waals surface area contributed by atoms with Crippen LogP contribution in [0.4, 0.5) is 0 Å². The van der Waals surface area contributed by atoms with Crippen LogP contribution in [0.1, 0.15) is 37.7 Å². The maximum Gasteiger partial charge on any atom is 0.127 e. The van der Waals surface area contributed by atoms with E-state index in [0.717, 1.165) is 23.0 Å². The SMILES string of the molecule is CC(=Cc1ccc(C2CC2C)o1)CO. The third-order valence-corrected chi connectivity index (χ3v) is 2.76. The fraction of sp³-hybridized carbons (Fsp3) is 0.500. The molecule has 1 saturated carbocycles. The predicted molar refractivity (Wildman–Crippen MR) is 56.0 cm³/mol. The highest BCUT2D eigenvalue weighted by Gasteiger charge is 2.36. The molecule has 0 aromatic carbocycles. The first kappa shape index (κ1) is 9.53. The van der Waals surface area contributed by atoms with Gasteiger partial charge in [0.25, 0.3) is 0 Å². The molecule has 1 aromatic rings. The van der Waals surface area contributed by atoms with Crippen LogP contribution in [0.2, 0.25) is 0 Å². The molecule has 2 atom stereocenters. The number of hydrogen-bond donors (Lipinski definition) is 1. The molecular formula is C12H16O2. The van der Waals surface area contributed by atoms with Crippen LogP contribution >= 0.6 is 0 Å². The van der Waals surface area contributed by atoms with Crippen molar-refractivity contribution in [3.05, 3.63) is 29.2 Å². The van der Waals surface area contributed by atoms with Crippen molar-refractivity contribution in [2.24, 2.45) is 5.92 Å². The maximum absolute atomic E-state index is 8.86. The molecule has 2 unspecified atom stereocenters. The Morgan fingerprint density at radius 3 is 2.93 bits per heavy atom. The summed E-state index contributed by atoms with van der Waals surface area (Å²) in [6, 6.07) is 4.02. The lowest BCUT2D eigenvalue weighted by atomic mass is 10.2. The molecule has 0 aliphatic heterocycles. The second-order valence-corrected chi connectivity index (χ2v) is 4.21. The van der Waals surface area contributed by atoms with Gasteiger partial charge in [0, 0.05) is 5.92 Å². The molecule has 1 aromatic heterocycles. The van der Waals surface area contributed by atoms with Gasteiger partial charge in [0.05, 0.1) is 6.61 Å². The van der Waals surface area contributed by atoms with Gasteiger partial charge >= 0.3 is 0 Å². The molecule has 1 N–H and O–H groups in total. The topological polar surface area (TPSA) is 33.4 Å². The van der Waals surface area contributed by atoms with Gasteiger partial charge in [0.2, 0.25) is 0 Å². The number of aliphatic hydroxyl groups excluding tert-OH is 1. The van der Waals surface area contributed by atoms with Crippen LogP contribution in [0.15, 0.2) is 22.1 Å². The van der Waals surface area contributed by atoms with Crippen molar-refractivity contribution >= 4 is 6.08 Å². The van der Waals surface area contributed by atoms with Crippen LogP contribution in [-0.4, -0.2) is 11.7 Å². The highest BCUT2D eigenvalue weighted by atomic mass is 16.3. The molecule has 1 aliphatic rings. The highest BCUT2D eigenvalue weighted by Crippen LogP contribution is 2.47. The van der Waals surface area contributed by atoms with Crippen LogP contribution in [0.3, 0.4) is 0 Å². The van der Waals surface area contributed by atoms with Gasteiger partial charge in [0.15, 0.2) is 0 Å². The third kappa shape index (κ3) is 1.90. The van der Waals surface area contributed by atoms with Gasteiger partial charge in [0.1, 0.15) is 11.5 Å². The molecule has 14 heavy (non-hydrogen) atoms. The molecule has 1 heterocycles. The second kappa shape index (κ2) is 3.62. The van der Waals surface area contributed by atoms with Crippen molar-refractivity contribution in [1.82, 2.24) is 0 Å². The minimum absolute atomic E-state index is 0.0931. The average Bonchev–Trinajstić information content (AvgIpc) is 2.73. The molecule has 0 spiro atoms. The lowest BCUT2D eigenvalue weighted by Crippen LogP contribution is -1.82. The number of furan rings is 1. The van der Waals surface area contributed by atoms with Gasteiger partial charge in [-0.15, -0.1) is 0 Å². The van der Waals surface area contributed by atoms with Crippen LogP contribution in [0.5, 0.6) is 0 Å².